The molecule has 1 saturated heterocycles. The Balaban J connectivity index is 1.77. The predicted octanol–water partition coefficient (Wildman–Crippen LogP) is 3.03. The van der Waals surface area contributed by atoms with Crippen LogP contribution in [0.2, 0.25) is 0 Å². The van der Waals surface area contributed by atoms with Crippen LogP contribution in [0.5, 0.6) is 0 Å². The summed E-state index contributed by atoms with van der Waals surface area (Å²) in [6.45, 7) is 0.343. The standard InChI is InChI=1S/C17H20F4N2O/c18-16(6-8-22-9-7-16)11-23(15(24)17(19,20)21)14-10-13(14)12-4-2-1-3-5-12/h1-5,13-14,22H,6-11H2/t13-,14+/m0/s1. The van der Waals surface area contributed by atoms with E-state index >= 15 is 0 Å². The van der Waals surface area contributed by atoms with Gasteiger partial charge < -0.3 is 10.2 Å². The van der Waals surface area contributed by atoms with E-state index in [1.54, 1.807) is 0 Å². The number of rotatable bonds is 4. The molecule has 1 saturated carbocycles. The number of piperidine rings is 1. The fraction of sp³-hybridized carbons (Fsp3) is 0.588. The van der Waals surface area contributed by atoms with Crippen LogP contribution in [0.4, 0.5) is 17.6 Å². The summed E-state index contributed by atoms with van der Waals surface area (Å²) in [6, 6.07) is 8.52. The second kappa shape index (κ2) is 6.35. The van der Waals surface area contributed by atoms with Gasteiger partial charge in [-0.2, -0.15) is 13.2 Å². The highest BCUT2D eigenvalue weighted by Crippen LogP contribution is 2.46. The largest absolute Gasteiger partial charge is 0.471 e. The average Bonchev–Trinajstić information content (AvgIpc) is 3.33. The van der Waals surface area contributed by atoms with Crippen LogP contribution in [0, 0.1) is 0 Å². The Morgan fingerprint density at radius 3 is 2.42 bits per heavy atom. The third-order valence-corrected chi connectivity index (χ3v) is 4.84. The van der Waals surface area contributed by atoms with E-state index in [9.17, 15) is 22.4 Å². The van der Waals surface area contributed by atoms with Crippen LogP contribution in [0.15, 0.2) is 30.3 Å². The van der Waals surface area contributed by atoms with Crippen LogP contribution in [0.1, 0.15) is 30.7 Å². The second-order valence-corrected chi connectivity index (χ2v) is 6.65. The minimum absolute atomic E-state index is 0.122. The van der Waals surface area contributed by atoms with Crippen molar-refractivity contribution in [3.8, 4) is 0 Å². The SMILES string of the molecule is O=C(N(CC1(F)CCNCC1)[C@@H]1C[C@H]1c1ccccc1)C(F)(F)F. The Morgan fingerprint density at radius 2 is 1.83 bits per heavy atom. The zero-order chi connectivity index (χ0) is 17.4. The van der Waals surface area contributed by atoms with Crippen LogP contribution in [0.3, 0.4) is 0 Å². The molecule has 1 heterocycles. The summed E-state index contributed by atoms with van der Waals surface area (Å²) in [5, 5.41) is 2.99. The molecular weight excluding hydrogens is 324 g/mol. The van der Waals surface area contributed by atoms with Crippen molar-refractivity contribution in [2.45, 2.75) is 43.1 Å². The molecule has 1 N–H and O–H groups in total. The van der Waals surface area contributed by atoms with Gasteiger partial charge in [0, 0.05) is 12.0 Å². The van der Waals surface area contributed by atoms with Crippen LogP contribution >= 0.6 is 0 Å². The Bertz CT molecular complexity index is 584. The van der Waals surface area contributed by atoms with E-state index in [0.29, 0.717) is 19.5 Å². The fourth-order valence-corrected chi connectivity index (χ4v) is 3.43. The first kappa shape index (κ1) is 17.2. The molecule has 1 aliphatic carbocycles. The van der Waals surface area contributed by atoms with E-state index in [0.717, 1.165) is 10.5 Å². The van der Waals surface area contributed by atoms with Crippen LogP contribution in [-0.2, 0) is 4.79 Å². The van der Waals surface area contributed by atoms with Gasteiger partial charge in [-0.25, -0.2) is 4.39 Å². The average molecular weight is 344 g/mol. The van der Waals surface area contributed by atoms with E-state index in [1.807, 2.05) is 30.3 Å². The summed E-state index contributed by atoms with van der Waals surface area (Å²) in [5.41, 5.74) is -0.864. The molecule has 1 amide bonds. The van der Waals surface area contributed by atoms with Crippen molar-refractivity contribution in [2.24, 2.45) is 0 Å². The van der Waals surface area contributed by atoms with Crippen molar-refractivity contribution in [1.82, 2.24) is 10.2 Å². The van der Waals surface area contributed by atoms with Gasteiger partial charge in [-0.05, 0) is 37.9 Å². The molecule has 0 unspecified atom stereocenters. The predicted molar refractivity (Wildman–Crippen MR) is 81.3 cm³/mol. The van der Waals surface area contributed by atoms with Crippen LogP contribution < -0.4 is 5.32 Å². The molecule has 3 rings (SSSR count). The quantitative estimate of drug-likeness (QED) is 0.852. The molecule has 2 aliphatic rings. The third-order valence-electron chi connectivity index (χ3n) is 4.84. The van der Waals surface area contributed by atoms with Crippen molar-refractivity contribution in [2.75, 3.05) is 19.6 Å². The molecule has 3 nitrogen and oxygen atoms in total. The maximum absolute atomic E-state index is 14.9. The molecule has 2 fully saturated rings. The van der Waals surface area contributed by atoms with Crippen molar-refractivity contribution in [3.63, 3.8) is 0 Å². The molecule has 0 radical (unpaired) electrons. The highest BCUT2D eigenvalue weighted by molar-refractivity contribution is 5.82. The summed E-state index contributed by atoms with van der Waals surface area (Å²) in [5.74, 6) is -2.08. The van der Waals surface area contributed by atoms with Gasteiger partial charge in [-0.1, -0.05) is 30.3 Å². The minimum atomic E-state index is -4.98. The highest BCUT2D eigenvalue weighted by Gasteiger charge is 2.54. The number of halogens is 4. The first-order valence-corrected chi connectivity index (χ1v) is 8.13. The monoisotopic (exact) mass is 344 g/mol. The van der Waals surface area contributed by atoms with E-state index in [2.05, 4.69) is 5.32 Å². The Labute approximate surface area is 138 Å². The number of benzene rings is 1. The van der Waals surface area contributed by atoms with Gasteiger partial charge in [0.15, 0.2) is 0 Å². The van der Waals surface area contributed by atoms with E-state index in [-0.39, 0.29) is 18.8 Å². The van der Waals surface area contributed by atoms with E-state index in [4.69, 9.17) is 0 Å². The van der Waals surface area contributed by atoms with Gasteiger partial charge in [-0.15, -0.1) is 0 Å². The molecule has 0 aromatic heterocycles. The lowest BCUT2D eigenvalue weighted by Crippen LogP contribution is -2.52. The normalized spacial score (nSPS) is 26.0. The molecule has 132 valence electrons. The molecule has 1 aromatic rings. The summed E-state index contributed by atoms with van der Waals surface area (Å²) >= 11 is 0. The van der Waals surface area contributed by atoms with Crippen molar-refractivity contribution >= 4 is 5.91 Å². The molecule has 0 bridgehead atoms. The minimum Gasteiger partial charge on any atom is -0.328 e. The second-order valence-electron chi connectivity index (χ2n) is 6.65. The smallest absolute Gasteiger partial charge is 0.328 e. The Morgan fingerprint density at radius 1 is 1.21 bits per heavy atom. The molecule has 2 atom stereocenters. The number of nitrogens with one attached hydrogen (secondary N) is 1. The number of hydrogen-bond acceptors (Lipinski definition) is 2. The lowest BCUT2D eigenvalue weighted by Gasteiger charge is -2.36. The maximum Gasteiger partial charge on any atom is 0.471 e. The first-order valence-electron chi connectivity index (χ1n) is 8.13. The first-order chi connectivity index (χ1) is 11.3. The molecule has 1 aliphatic heterocycles. The lowest BCUT2D eigenvalue weighted by molar-refractivity contribution is -0.188. The third kappa shape index (κ3) is 3.71. The van der Waals surface area contributed by atoms with Crippen molar-refractivity contribution in [3.05, 3.63) is 35.9 Å². The van der Waals surface area contributed by atoms with Gasteiger partial charge in [0.2, 0.25) is 0 Å². The van der Waals surface area contributed by atoms with E-state index in [1.165, 1.54) is 0 Å². The summed E-state index contributed by atoms with van der Waals surface area (Å²) < 4.78 is 53.8. The molecule has 24 heavy (non-hydrogen) atoms. The Kier molecular flexibility index (Phi) is 4.55. The van der Waals surface area contributed by atoms with Gasteiger partial charge >= 0.3 is 12.1 Å². The van der Waals surface area contributed by atoms with Gasteiger partial charge in [-0.3, -0.25) is 4.79 Å². The number of alkyl halides is 4. The number of hydrogen-bond donors (Lipinski definition) is 1. The van der Waals surface area contributed by atoms with Gasteiger partial charge in [0.05, 0.1) is 6.54 Å². The lowest BCUT2D eigenvalue weighted by atomic mass is 9.93. The number of nitrogens with zero attached hydrogens (tertiary/aromatic N) is 1. The summed E-state index contributed by atoms with van der Waals surface area (Å²) in [7, 11) is 0. The molecule has 7 heteroatoms. The molecular formula is C17H20F4N2O. The van der Waals surface area contributed by atoms with E-state index < -0.39 is 30.3 Å². The van der Waals surface area contributed by atoms with Gasteiger partial charge in [0.25, 0.3) is 0 Å². The van der Waals surface area contributed by atoms with Crippen LogP contribution in [-0.4, -0.2) is 48.3 Å². The maximum atomic E-state index is 14.9. The number of carbonyl (C=O) groups is 1. The zero-order valence-electron chi connectivity index (χ0n) is 13.2. The summed E-state index contributed by atoms with van der Waals surface area (Å²) in [4.78, 5) is 12.6. The van der Waals surface area contributed by atoms with Crippen molar-refractivity contribution < 1.29 is 22.4 Å². The zero-order valence-corrected chi connectivity index (χ0v) is 13.2. The molecule has 1 aromatic carbocycles. The number of carbonyl (C=O) groups excluding carboxylic acids is 1. The summed E-state index contributed by atoms with van der Waals surface area (Å²) in [6.07, 6.45) is -4.29. The topological polar surface area (TPSA) is 32.3 Å². The highest BCUT2D eigenvalue weighted by atomic mass is 19.4. The van der Waals surface area contributed by atoms with Gasteiger partial charge in [0.1, 0.15) is 5.67 Å². The number of amides is 1. The molecule has 0 spiro atoms. The fourth-order valence-electron chi connectivity index (χ4n) is 3.43. The Hall–Kier alpha value is -1.63. The van der Waals surface area contributed by atoms with Crippen LogP contribution in [0.25, 0.3) is 0 Å². The van der Waals surface area contributed by atoms with Crippen molar-refractivity contribution in [1.29, 1.82) is 0 Å².